The van der Waals surface area contributed by atoms with E-state index >= 15 is 0 Å². The van der Waals surface area contributed by atoms with Gasteiger partial charge in [0.1, 0.15) is 11.3 Å². The van der Waals surface area contributed by atoms with Crippen molar-refractivity contribution in [2.24, 2.45) is 0 Å². The van der Waals surface area contributed by atoms with Crippen molar-refractivity contribution in [1.29, 1.82) is 0 Å². The lowest BCUT2D eigenvalue weighted by Crippen LogP contribution is -2.55. The number of nitrogens with zero attached hydrogens (tertiary/aromatic N) is 2. The van der Waals surface area contributed by atoms with E-state index in [4.69, 9.17) is 4.74 Å². The minimum atomic E-state index is -0.525. The quantitative estimate of drug-likeness (QED) is 0.864. The molecule has 7 nitrogen and oxygen atoms in total. The molecule has 1 heterocycles. The molecule has 2 amide bonds. The Hall–Kier alpha value is -2.18. The normalized spacial score (nSPS) is 27.7. The van der Waals surface area contributed by atoms with Gasteiger partial charge in [-0.2, -0.15) is 0 Å². The van der Waals surface area contributed by atoms with Crippen LogP contribution in [0.25, 0.3) is 0 Å². The fraction of sp³-hybridized carbons (Fsp3) is 0.684. The van der Waals surface area contributed by atoms with Gasteiger partial charge in [-0.1, -0.05) is 0 Å². The Morgan fingerprint density at radius 1 is 1.08 bits per heavy atom. The van der Waals surface area contributed by atoms with Gasteiger partial charge >= 0.3 is 6.09 Å². The lowest BCUT2D eigenvalue weighted by Gasteiger charge is -2.40. The molecule has 1 unspecified atom stereocenters. The van der Waals surface area contributed by atoms with Crippen molar-refractivity contribution in [1.82, 2.24) is 20.6 Å². The minimum absolute atomic E-state index is 0.198. The molecule has 1 aromatic heterocycles. The molecule has 2 aliphatic rings. The fourth-order valence-electron chi connectivity index (χ4n) is 4.23. The number of fused-ring (bicyclic) bond motifs is 2. The molecule has 1 aromatic rings. The first kappa shape index (κ1) is 18.6. The SMILES string of the molecule is Cc1cncc(C(=O)NC23CCC[C@](NC(=O)OC(C)(C)C)(CC2)C3)n1. The number of rotatable bonds is 3. The zero-order valence-corrected chi connectivity index (χ0v) is 16.0. The molecule has 2 N–H and O–H groups in total. The van der Waals surface area contributed by atoms with Gasteiger partial charge in [0.15, 0.2) is 0 Å². The first-order chi connectivity index (χ1) is 12.1. The number of aryl methyl sites for hydroxylation is 1. The Morgan fingerprint density at radius 2 is 1.73 bits per heavy atom. The number of nitrogens with one attached hydrogen (secondary N) is 2. The summed E-state index contributed by atoms with van der Waals surface area (Å²) in [6, 6.07) is 0. The Labute approximate surface area is 154 Å². The molecule has 2 aliphatic carbocycles. The summed E-state index contributed by atoms with van der Waals surface area (Å²) in [6.45, 7) is 7.38. The lowest BCUT2D eigenvalue weighted by molar-refractivity contribution is 0.0428. The summed E-state index contributed by atoms with van der Waals surface area (Å²) in [5, 5.41) is 6.27. The van der Waals surface area contributed by atoms with Crippen LogP contribution >= 0.6 is 0 Å². The predicted molar refractivity (Wildman–Crippen MR) is 96.8 cm³/mol. The molecule has 2 atom stereocenters. The minimum Gasteiger partial charge on any atom is -0.444 e. The Bertz CT molecular complexity index is 715. The number of hydrogen-bond donors (Lipinski definition) is 2. The third-order valence-corrected chi connectivity index (χ3v) is 5.20. The molecule has 26 heavy (non-hydrogen) atoms. The van der Waals surface area contributed by atoms with Crippen molar-refractivity contribution in [3.8, 4) is 0 Å². The number of carbonyl (C=O) groups excluding carboxylic acids is 2. The van der Waals surface area contributed by atoms with Gasteiger partial charge in [0.05, 0.1) is 11.9 Å². The van der Waals surface area contributed by atoms with Crippen molar-refractivity contribution < 1.29 is 14.3 Å². The number of ether oxygens (including phenoxy) is 1. The van der Waals surface area contributed by atoms with Crippen LogP contribution < -0.4 is 10.6 Å². The van der Waals surface area contributed by atoms with E-state index < -0.39 is 5.60 Å². The Kier molecular flexibility index (Phi) is 4.67. The van der Waals surface area contributed by atoms with E-state index in [9.17, 15) is 9.59 Å². The smallest absolute Gasteiger partial charge is 0.408 e. The molecule has 0 spiro atoms. The molecule has 142 valence electrons. The van der Waals surface area contributed by atoms with Gasteiger partial charge < -0.3 is 15.4 Å². The van der Waals surface area contributed by atoms with E-state index in [1.165, 1.54) is 6.20 Å². The zero-order chi connectivity index (χ0) is 19.0. The molecule has 0 radical (unpaired) electrons. The van der Waals surface area contributed by atoms with E-state index in [0.717, 1.165) is 38.5 Å². The molecular formula is C19H28N4O3. The summed E-state index contributed by atoms with van der Waals surface area (Å²) in [5.74, 6) is -0.198. The van der Waals surface area contributed by atoms with E-state index in [-0.39, 0.29) is 23.1 Å². The molecule has 0 saturated heterocycles. The Morgan fingerprint density at radius 3 is 2.35 bits per heavy atom. The fourth-order valence-corrected chi connectivity index (χ4v) is 4.23. The van der Waals surface area contributed by atoms with Crippen LogP contribution in [0.2, 0.25) is 0 Å². The average molecular weight is 360 g/mol. The van der Waals surface area contributed by atoms with Crippen molar-refractivity contribution in [2.45, 2.75) is 82.9 Å². The highest BCUT2D eigenvalue weighted by Gasteiger charge is 2.52. The van der Waals surface area contributed by atoms with Gasteiger partial charge in [-0.3, -0.25) is 9.78 Å². The molecule has 3 rings (SSSR count). The summed E-state index contributed by atoms with van der Waals surface area (Å²) >= 11 is 0. The second-order valence-electron chi connectivity index (χ2n) is 8.72. The maximum atomic E-state index is 12.6. The second kappa shape index (κ2) is 6.52. The number of amides is 2. The van der Waals surface area contributed by atoms with Gasteiger partial charge in [0.25, 0.3) is 5.91 Å². The first-order valence-corrected chi connectivity index (χ1v) is 9.23. The maximum Gasteiger partial charge on any atom is 0.408 e. The highest BCUT2D eigenvalue weighted by molar-refractivity contribution is 5.92. The summed E-state index contributed by atoms with van der Waals surface area (Å²) in [4.78, 5) is 33.2. The van der Waals surface area contributed by atoms with Gasteiger partial charge in [-0.15, -0.1) is 0 Å². The van der Waals surface area contributed by atoms with Crippen LogP contribution in [0, 0.1) is 6.92 Å². The molecule has 2 saturated carbocycles. The van der Waals surface area contributed by atoms with Gasteiger partial charge in [-0.05, 0) is 66.2 Å². The van der Waals surface area contributed by atoms with Crippen molar-refractivity contribution in [2.75, 3.05) is 0 Å². The van der Waals surface area contributed by atoms with Crippen LogP contribution in [0.4, 0.5) is 4.79 Å². The van der Waals surface area contributed by atoms with E-state index in [1.54, 1.807) is 6.20 Å². The highest BCUT2D eigenvalue weighted by atomic mass is 16.6. The van der Waals surface area contributed by atoms with Crippen LogP contribution in [-0.2, 0) is 4.74 Å². The zero-order valence-electron chi connectivity index (χ0n) is 16.0. The van der Waals surface area contributed by atoms with Crippen molar-refractivity contribution in [3.05, 3.63) is 23.8 Å². The summed E-state index contributed by atoms with van der Waals surface area (Å²) < 4.78 is 5.43. The van der Waals surface area contributed by atoms with E-state index in [2.05, 4.69) is 20.6 Å². The predicted octanol–water partition coefficient (Wildman–Crippen LogP) is 2.88. The largest absolute Gasteiger partial charge is 0.444 e. The number of alkyl carbamates (subject to hydrolysis) is 1. The van der Waals surface area contributed by atoms with E-state index in [1.807, 2.05) is 27.7 Å². The van der Waals surface area contributed by atoms with Crippen molar-refractivity contribution >= 4 is 12.0 Å². The molecular weight excluding hydrogens is 332 g/mol. The second-order valence-corrected chi connectivity index (χ2v) is 8.72. The van der Waals surface area contributed by atoms with Crippen LogP contribution in [0.15, 0.2) is 12.4 Å². The molecule has 0 aliphatic heterocycles. The van der Waals surface area contributed by atoms with E-state index in [0.29, 0.717) is 11.4 Å². The third kappa shape index (κ3) is 4.14. The summed E-state index contributed by atoms with van der Waals surface area (Å²) in [6.07, 6.45) is 7.92. The lowest BCUT2D eigenvalue weighted by atomic mass is 9.78. The van der Waals surface area contributed by atoms with Crippen LogP contribution in [0.1, 0.15) is 75.5 Å². The van der Waals surface area contributed by atoms with Crippen molar-refractivity contribution in [3.63, 3.8) is 0 Å². The average Bonchev–Trinajstić information content (AvgIpc) is 2.75. The first-order valence-electron chi connectivity index (χ1n) is 9.23. The summed E-state index contributed by atoms with van der Waals surface area (Å²) in [7, 11) is 0. The highest BCUT2D eigenvalue weighted by Crippen LogP contribution is 2.48. The van der Waals surface area contributed by atoms with Gasteiger partial charge in [0, 0.05) is 17.3 Å². The number of carbonyl (C=O) groups is 2. The van der Waals surface area contributed by atoms with Crippen LogP contribution in [-0.4, -0.2) is 38.6 Å². The summed E-state index contributed by atoms with van der Waals surface area (Å²) in [5.41, 5.74) is -0.0703. The Balaban J connectivity index is 1.68. The van der Waals surface area contributed by atoms with Gasteiger partial charge in [0.2, 0.25) is 0 Å². The molecule has 2 bridgehead atoms. The number of hydrogen-bond acceptors (Lipinski definition) is 5. The van der Waals surface area contributed by atoms with Gasteiger partial charge in [-0.25, -0.2) is 9.78 Å². The molecule has 2 fully saturated rings. The number of aromatic nitrogens is 2. The molecule has 0 aromatic carbocycles. The van der Waals surface area contributed by atoms with Crippen LogP contribution in [0.5, 0.6) is 0 Å². The molecule has 7 heteroatoms. The monoisotopic (exact) mass is 360 g/mol. The standard InChI is InChI=1S/C19H28N4O3/c1-13-10-20-11-14(21-13)15(24)22-18-6-5-7-19(12-18,9-8-18)23-16(25)26-17(2,3)4/h10-11H,5-9,12H2,1-4H3,(H,22,24)(H,23,25)/t18?,19-/m0/s1. The topological polar surface area (TPSA) is 93.2 Å². The third-order valence-electron chi connectivity index (χ3n) is 5.20. The maximum absolute atomic E-state index is 12.6. The van der Waals surface area contributed by atoms with Crippen LogP contribution in [0.3, 0.4) is 0 Å².